The van der Waals surface area contributed by atoms with E-state index < -0.39 is 0 Å². The van der Waals surface area contributed by atoms with Crippen molar-refractivity contribution < 1.29 is 14.3 Å². The van der Waals surface area contributed by atoms with Crippen LogP contribution in [0.3, 0.4) is 0 Å². The van der Waals surface area contributed by atoms with Crippen molar-refractivity contribution in [3.05, 3.63) is 59.7 Å². The number of amides is 2. The number of piperidine rings is 1. The van der Waals surface area contributed by atoms with Gasteiger partial charge in [-0.05, 0) is 37.1 Å². The van der Waals surface area contributed by atoms with Crippen LogP contribution in [0, 0.1) is 12.8 Å². The van der Waals surface area contributed by atoms with Crippen LogP contribution < -0.4 is 15.4 Å². The van der Waals surface area contributed by atoms with E-state index in [1.54, 1.807) is 0 Å². The second kappa shape index (κ2) is 7.83. The van der Waals surface area contributed by atoms with E-state index in [1.807, 2.05) is 55.5 Å². The molecule has 1 heterocycles. The Morgan fingerprint density at radius 2 is 2.08 bits per heavy atom. The topological polar surface area (TPSA) is 67.4 Å². The highest BCUT2D eigenvalue weighted by Crippen LogP contribution is 2.26. The summed E-state index contributed by atoms with van der Waals surface area (Å²) in [7, 11) is 0. The minimum atomic E-state index is -0.251. The third kappa shape index (κ3) is 4.59. The highest BCUT2D eigenvalue weighted by molar-refractivity contribution is 5.86. The molecular weight excluding hydrogens is 316 g/mol. The van der Waals surface area contributed by atoms with Crippen LogP contribution in [0.1, 0.15) is 24.0 Å². The van der Waals surface area contributed by atoms with E-state index in [2.05, 4.69) is 10.6 Å². The Hall–Kier alpha value is -2.82. The molecule has 25 heavy (non-hydrogen) atoms. The maximum atomic E-state index is 12.3. The molecule has 1 fully saturated rings. The largest absolute Gasteiger partial charge is 0.457 e. The Bertz CT molecular complexity index is 773. The summed E-state index contributed by atoms with van der Waals surface area (Å²) in [6.45, 7) is 2.95. The molecule has 0 spiro atoms. The van der Waals surface area contributed by atoms with Crippen molar-refractivity contribution in [3.63, 3.8) is 0 Å². The highest BCUT2D eigenvalue weighted by Gasteiger charge is 2.25. The van der Waals surface area contributed by atoms with Crippen molar-refractivity contribution in [2.24, 2.45) is 5.92 Å². The van der Waals surface area contributed by atoms with Crippen molar-refractivity contribution in [2.45, 2.75) is 26.3 Å². The van der Waals surface area contributed by atoms with E-state index >= 15 is 0 Å². The second-order valence-electron chi connectivity index (χ2n) is 6.28. The fourth-order valence-electron chi connectivity index (χ4n) is 2.89. The predicted octanol–water partition coefficient (Wildman–Crippen LogP) is 2.93. The SMILES string of the molecule is Cc1cccc(Oc2ccccc2CNC(=O)[C@H]2CCNC(=O)C2)c1. The Kier molecular flexibility index (Phi) is 5.33. The fraction of sp³-hybridized carbons (Fsp3) is 0.300. The summed E-state index contributed by atoms with van der Waals surface area (Å²) in [5.41, 5.74) is 2.02. The average molecular weight is 338 g/mol. The lowest BCUT2D eigenvalue weighted by molar-refractivity contribution is -0.132. The molecule has 1 aliphatic rings. The van der Waals surface area contributed by atoms with E-state index in [4.69, 9.17) is 4.74 Å². The number of aryl methyl sites for hydroxylation is 1. The zero-order valence-corrected chi connectivity index (χ0v) is 14.2. The molecule has 1 atom stereocenters. The van der Waals surface area contributed by atoms with Crippen LogP contribution >= 0.6 is 0 Å². The number of hydrogen-bond acceptors (Lipinski definition) is 3. The Morgan fingerprint density at radius 1 is 1.24 bits per heavy atom. The van der Waals surface area contributed by atoms with Crippen molar-refractivity contribution in [1.82, 2.24) is 10.6 Å². The van der Waals surface area contributed by atoms with E-state index in [0.29, 0.717) is 19.5 Å². The normalized spacial score (nSPS) is 16.8. The molecule has 1 saturated heterocycles. The van der Waals surface area contributed by atoms with Crippen LogP contribution in [-0.2, 0) is 16.1 Å². The number of ether oxygens (including phenoxy) is 1. The Balaban J connectivity index is 1.64. The molecule has 2 amide bonds. The summed E-state index contributed by atoms with van der Waals surface area (Å²) in [6.07, 6.45) is 0.937. The number of carbonyl (C=O) groups excluding carboxylic acids is 2. The first-order chi connectivity index (χ1) is 12.1. The van der Waals surface area contributed by atoms with Gasteiger partial charge >= 0.3 is 0 Å². The standard InChI is InChI=1S/C20H22N2O3/c1-14-5-4-7-17(11-14)25-18-8-3-2-6-16(18)13-22-20(24)15-9-10-21-19(23)12-15/h2-8,11,15H,9-10,12-13H2,1H3,(H,21,23)(H,22,24)/t15-/m0/s1. The first-order valence-corrected chi connectivity index (χ1v) is 8.48. The molecule has 0 aliphatic carbocycles. The van der Waals surface area contributed by atoms with Gasteiger partial charge < -0.3 is 15.4 Å². The van der Waals surface area contributed by atoms with Crippen LogP contribution in [0.5, 0.6) is 11.5 Å². The van der Waals surface area contributed by atoms with Crippen LogP contribution in [0.15, 0.2) is 48.5 Å². The molecule has 0 unspecified atom stereocenters. The summed E-state index contributed by atoms with van der Waals surface area (Å²) in [6, 6.07) is 15.5. The monoisotopic (exact) mass is 338 g/mol. The quantitative estimate of drug-likeness (QED) is 0.881. The van der Waals surface area contributed by atoms with Gasteiger partial charge in [0.2, 0.25) is 11.8 Å². The third-order valence-electron chi connectivity index (χ3n) is 4.26. The summed E-state index contributed by atoms with van der Waals surface area (Å²) in [5, 5.41) is 5.67. The van der Waals surface area contributed by atoms with Crippen molar-refractivity contribution in [3.8, 4) is 11.5 Å². The van der Waals surface area contributed by atoms with Crippen LogP contribution in [0.25, 0.3) is 0 Å². The lowest BCUT2D eigenvalue weighted by atomic mass is 9.96. The first-order valence-electron chi connectivity index (χ1n) is 8.48. The molecule has 1 aliphatic heterocycles. The van der Waals surface area contributed by atoms with E-state index in [0.717, 1.165) is 22.6 Å². The zero-order valence-electron chi connectivity index (χ0n) is 14.2. The second-order valence-corrected chi connectivity index (χ2v) is 6.28. The van der Waals surface area contributed by atoms with Crippen LogP contribution in [-0.4, -0.2) is 18.4 Å². The number of nitrogens with one attached hydrogen (secondary N) is 2. The van der Waals surface area contributed by atoms with Gasteiger partial charge in [0.1, 0.15) is 11.5 Å². The molecule has 130 valence electrons. The summed E-state index contributed by atoms with van der Waals surface area (Å²) >= 11 is 0. The van der Waals surface area contributed by atoms with Gasteiger partial charge in [-0.15, -0.1) is 0 Å². The molecule has 2 N–H and O–H groups in total. The molecule has 0 saturated carbocycles. The number of carbonyl (C=O) groups is 2. The number of rotatable bonds is 5. The summed E-state index contributed by atoms with van der Waals surface area (Å²) < 4.78 is 5.97. The molecule has 3 rings (SSSR count). The van der Waals surface area contributed by atoms with Gasteiger partial charge in [0.25, 0.3) is 0 Å². The molecular formula is C20H22N2O3. The van der Waals surface area contributed by atoms with Crippen LogP contribution in [0.4, 0.5) is 0 Å². The molecule has 2 aromatic rings. The van der Waals surface area contributed by atoms with Crippen LogP contribution in [0.2, 0.25) is 0 Å². The van der Waals surface area contributed by atoms with Gasteiger partial charge in [-0.2, -0.15) is 0 Å². The maximum absolute atomic E-state index is 12.3. The van der Waals surface area contributed by atoms with Gasteiger partial charge in [-0.3, -0.25) is 9.59 Å². The first kappa shape index (κ1) is 17.0. The van der Waals surface area contributed by atoms with E-state index in [1.165, 1.54) is 0 Å². The van der Waals surface area contributed by atoms with Crippen molar-refractivity contribution in [1.29, 1.82) is 0 Å². The molecule has 0 bridgehead atoms. The molecule has 0 aromatic heterocycles. The molecule has 2 aromatic carbocycles. The van der Waals surface area contributed by atoms with Crippen molar-refractivity contribution >= 4 is 11.8 Å². The van der Waals surface area contributed by atoms with E-state index in [-0.39, 0.29) is 24.2 Å². The molecule has 5 nitrogen and oxygen atoms in total. The number of para-hydroxylation sites is 1. The lowest BCUT2D eigenvalue weighted by Gasteiger charge is -2.21. The summed E-state index contributed by atoms with van der Waals surface area (Å²) in [5.74, 6) is 1.09. The Labute approximate surface area is 147 Å². The zero-order chi connectivity index (χ0) is 17.6. The smallest absolute Gasteiger partial charge is 0.223 e. The predicted molar refractivity (Wildman–Crippen MR) is 95.3 cm³/mol. The minimum Gasteiger partial charge on any atom is -0.457 e. The third-order valence-corrected chi connectivity index (χ3v) is 4.26. The maximum Gasteiger partial charge on any atom is 0.223 e. The van der Waals surface area contributed by atoms with E-state index in [9.17, 15) is 9.59 Å². The van der Waals surface area contributed by atoms with Gasteiger partial charge in [-0.25, -0.2) is 0 Å². The average Bonchev–Trinajstić information content (AvgIpc) is 2.61. The van der Waals surface area contributed by atoms with Crippen molar-refractivity contribution in [2.75, 3.05) is 6.54 Å². The fourth-order valence-corrected chi connectivity index (χ4v) is 2.89. The summed E-state index contributed by atoms with van der Waals surface area (Å²) in [4.78, 5) is 23.7. The van der Waals surface area contributed by atoms with Gasteiger partial charge in [0.05, 0.1) is 0 Å². The molecule has 5 heteroatoms. The Morgan fingerprint density at radius 3 is 2.88 bits per heavy atom. The minimum absolute atomic E-state index is 0.0606. The van der Waals surface area contributed by atoms with Gasteiger partial charge in [-0.1, -0.05) is 30.3 Å². The number of hydrogen-bond donors (Lipinski definition) is 2. The highest BCUT2D eigenvalue weighted by atomic mass is 16.5. The molecule has 0 radical (unpaired) electrons. The number of benzene rings is 2. The van der Waals surface area contributed by atoms with Gasteiger partial charge in [0, 0.05) is 31.0 Å². The van der Waals surface area contributed by atoms with Gasteiger partial charge in [0.15, 0.2) is 0 Å². The lowest BCUT2D eigenvalue weighted by Crippen LogP contribution is -2.40.